The third-order valence-corrected chi connectivity index (χ3v) is 4.91. The van der Waals surface area contributed by atoms with Crippen molar-refractivity contribution in [2.24, 2.45) is 0 Å². The maximum Gasteiger partial charge on any atom is 0.586 e. The highest BCUT2D eigenvalue weighted by atomic mass is 19.3. The van der Waals surface area contributed by atoms with Gasteiger partial charge in [-0.2, -0.15) is 0 Å². The molecule has 0 unspecified atom stereocenters. The highest BCUT2D eigenvalue weighted by Crippen LogP contribution is 2.55. The van der Waals surface area contributed by atoms with Crippen molar-refractivity contribution < 1.29 is 18.3 Å². The van der Waals surface area contributed by atoms with Crippen molar-refractivity contribution in [1.82, 2.24) is 4.98 Å². The Morgan fingerprint density at radius 2 is 1.84 bits per heavy atom. The van der Waals surface area contributed by atoms with Gasteiger partial charge in [0.2, 0.25) is 0 Å². The summed E-state index contributed by atoms with van der Waals surface area (Å²) in [5, 5.41) is 3.27. The number of aromatic nitrogens is 1. The van der Waals surface area contributed by atoms with Crippen LogP contribution in [0.3, 0.4) is 0 Å². The van der Waals surface area contributed by atoms with Crippen LogP contribution in [0.1, 0.15) is 29.7 Å². The lowest BCUT2D eigenvalue weighted by Gasteiger charge is -2.21. The van der Waals surface area contributed by atoms with Gasteiger partial charge < -0.3 is 14.8 Å². The molecular weight excluding hydrogens is 326 g/mol. The van der Waals surface area contributed by atoms with Gasteiger partial charge in [0.15, 0.2) is 11.5 Å². The minimum Gasteiger partial charge on any atom is -0.395 e. The Balaban J connectivity index is 1.58. The van der Waals surface area contributed by atoms with E-state index in [1.807, 2.05) is 26.0 Å². The molecular formula is C19H18F2N2O2. The number of hydrogen-bond acceptors (Lipinski definition) is 4. The summed E-state index contributed by atoms with van der Waals surface area (Å²) in [5.41, 5.74) is 3.46. The first-order valence-electron chi connectivity index (χ1n) is 8.10. The zero-order chi connectivity index (χ0) is 17.8. The molecule has 6 heteroatoms. The molecule has 0 radical (unpaired) electrons. The average molecular weight is 344 g/mol. The highest BCUT2D eigenvalue weighted by molar-refractivity contribution is 5.55. The number of pyridine rings is 1. The monoisotopic (exact) mass is 344 g/mol. The Morgan fingerprint density at radius 1 is 1.12 bits per heavy atom. The first kappa shape index (κ1) is 15.9. The van der Waals surface area contributed by atoms with Crippen LogP contribution in [-0.2, 0) is 5.41 Å². The lowest BCUT2D eigenvalue weighted by atomic mass is 9.92. The topological polar surface area (TPSA) is 43.4 Å². The Hall–Kier alpha value is -2.63. The number of nitrogens with zero attached hydrogens (tertiary/aromatic N) is 1. The maximum atomic E-state index is 13.2. The van der Waals surface area contributed by atoms with Gasteiger partial charge in [-0.25, -0.2) is 4.98 Å². The Labute approximate surface area is 144 Å². The summed E-state index contributed by atoms with van der Waals surface area (Å²) in [5.74, 6) is 0.844. The number of anilines is 1. The van der Waals surface area contributed by atoms with Crippen LogP contribution in [-0.4, -0.2) is 11.3 Å². The molecule has 4 rings (SSSR count). The molecule has 2 aromatic rings. The third kappa shape index (κ3) is 2.71. The molecule has 2 heterocycles. The molecule has 1 aromatic heterocycles. The molecule has 0 saturated heterocycles. The van der Waals surface area contributed by atoms with Crippen LogP contribution in [0.2, 0.25) is 0 Å². The van der Waals surface area contributed by atoms with E-state index in [4.69, 9.17) is 0 Å². The van der Waals surface area contributed by atoms with Crippen LogP contribution in [0.4, 0.5) is 14.6 Å². The van der Waals surface area contributed by atoms with Gasteiger partial charge >= 0.3 is 6.29 Å². The SMILES string of the molecule is C=C(Nc1ccc(C)c(C)n1)C1(c2ccc3c(c2)OC(F)(F)O3)CC1. The number of allylic oxidation sites excluding steroid dienone is 1. The number of ether oxygens (including phenoxy) is 2. The fraction of sp³-hybridized carbons (Fsp3) is 0.316. The van der Waals surface area contributed by atoms with Crippen LogP contribution < -0.4 is 14.8 Å². The molecule has 0 atom stereocenters. The van der Waals surface area contributed by atoms with E-state index < -0.39 is 6.29 Å². The summed E-state index contributed by atoms with van der Waals surface area (Å²) in [6.07, 6.45) is -1.82. The number of fused-ring (bicyclic) bond motifs is 1. The Morgan fingerprint density at radius 3 is 2.52 bits per heavy atom. The predicted octanol–water partition coefficient (Wildman–Crippen LogP) is 4.68. The molecule has 0 amide bonds. The van der Waals surface area contributed by atoms with Gasteiger partial charge in [-0.15, -0.1) is 8.78 Å². The fourth-order valence-electron chi connectivity index (χ4n) is 3.11. The summed E-state index contributed by atoms with van der Waals surface area (Å²) >= 11 is 0. The van der Waals surface area contributed by atoms with E-state index in [-0.39, 0.29) is 16.9 Å². The van der Waals surface area contributed by atoms with E-state index in [9.17, 15) is 8.78 Å². The molecule has 130 valence electrons. The zero-order valence-corrected chi connectivity index (χ0v) is 14.0. The van der Waals surface area contributed by atoms with Crippen molar-refractivity contribution in [3.63, 3.8) is 0 Å². The smallest absolute Gasteiger partial charge is 0.395 e. The van der Waals surface area contributed by atoms with Gasteiger partial charge in [-0.05, 0) is 56.0 Å². The number of aryl methyl sites for hydroxylation is 2. The van der Waals surface area contributed by atoms with Gasteiger partial charge in [0, 0.05) is 16.8 Å². The summed E-state index contributed by atoms with van der Waals surface area (Å²) in [4.78, 5) is 4.51. The molecule has 1 fully saturated rings. The normalized spacial score (nSPS) is 18.7. The third-order valence-electron chi connectivity index (χ3n) is 4.91. The van der Waals surface area contributed by atoms with Crippen molar-refractivity contribution in [3.05, 3.63) is 59.4 Å². The van der Waals surface area contributed by atoms with Crippen LogP contribution in [0.15, 0.2) is 42.6 Å². The minimum atomic E-state index is -3.60. The van der Waals surface area contributed by atoms with E-state index in [0.717, 1.165) is 41.2 Å². The van der Waals surface area contributed by atoms with E-state index in [1.165, 1.54) is 6.07 Å². The number of halogens is 2. The molecule has 1 N–H and O–H groups in total. The summed E-state index contributed by atoms with van der Waals surface area (Å²) < 4.78 is 35.5. The number of benzene rings is 1. The highest BCUT2D eigenvalue weighted by Gasteiger charge is 2.49. The Bertz CT molecular complexity index is 876. The van der Waals surface area contributed by atoms with Crippen LogP contribution >= 0.6 is 0 Å². The average Bonchev–Trinajstić information content (AvgIpc) is 3.28. The molecule has 1 aromatic carbocycles. The lowest BCUT2D eigenvalue weighted by Crippen LogP contribution is -2.26. The summed E-state index contributed by atoms with van der Waals surface area (Å²) in [6.45, 7) is 8.12. The standard InChI is InChI=1S/C19H18F2N2O2/c1-11-4-7-17(22-12(11)2)23-13(3)18(8-9-18)14-5-6-15-16(10-14)25-19(20,21)24-15/h4-7,10H,3,8-9H2,1-2H3,(H,22,23). The number of nitrogens with one attached hydrogen (secondary N) is 1. The Kier molecular flexibility index (Phi) is 3.29. The van der Waals surface area contributed by atoms with E-state index in [0.29, 0.717) is 0 Å². The summed E-state index contributed by atoms with van der Waals surface area (Å²) in [6, 6.07) is 8.83. The first-order chi connectivity index (χ1) is 11.8. The van der Waals surface area contributed by atoms with Gasteiger partial charge in [-0.3, -0.25) is 0 Å². The van der Waals surface area contributed by atoms with Gasteiger partial charge in [0.05, 0.1) is 0 Å². The van der Waals surface area contributed by atoms with Crippen LogP contribution in [0.5, 0.6) is 11.5 Å². The van der Waals surface area contributed by atoms with E-state index >= 15 is 0 Å². The van der Waals surface area contributed by atoms with Gasteiger partial charge in [-0.1, -0.05) is 18.7 Å². The second-order valence-corrected chi connectivity index (χ2v) is 6.61. The molecule has 2 aliphatic rings. The van der Waals surface area contributed by atoms with Crippen molar-refractivity contribution >= 4 is 5.82 Å². The second kappa shape index (κ2) is 5.18. The molecule has 1 saturated carbocycles. The predicted molar refractivity (Wildman–Crippen MR) is 90.0 cm³/mol. The zero-order valence-electron chi connectivity index (χ0n) is 14.0. The second-order valence-electron chi connectivity index (χ2n) is 6.61. The van der Waals surface area contributed by atoms with Crippen molar-refractivity contribution in [2.45, 2.75) is 38.4 Å². The van der Waals surface area contributed by atoms with Crippen molar-refractivity contribution in [3.8, 4) is 11.5 Å². The van der Waals surface area contributed by atoms with Gasteiger partial charge in [0.25, 0.3) is 0 Å². The molecule has 25 heavy (non-hydrogen) atoms. The maximum absolute atomic E-state index is 13.2. The number of alkyl halides is 2. The van der Waals surface area contributed by atoms with E-state index in [2.05, 4.69) is 26.4 Å². The molecule has 0 bridgehead atoms. The minimum absolute atomic E-state index is 0.0546. The van der Waals surface area contributed by atoms with Crippen molar-refractivity contribution in [1.29, 1.82) is 0 Å². The first-order valence-corrected chi connectivity index (χ1v) is 8.10. The quantitative estimate of drug-likeness (QED) is 0.875. The largest absolute Gasteiger partial charge is 0.586 e. The van der Waals surface area contributed by atoms with Crippen LogP contribution in [0.25, 0.3) is 0 Å². The van der Waals surface area contributed by atoms with E-state index in [1.54, 1.807) is 12.1 Å². The van der Waals surface area contributed by atoms with Gasteiger partial charge in [0.1, 0.15) is 5.82 Å². The molecule has 4 nitrogen and oxygen atoms in total. The lowest BCUT2D eigenvalue weighted by molar-refractivity contribution is -0.286. The molecule has 1 aliphatic carbocycles. The molecule has 1 aliphatic heterocycles. The summed E-state index contributed by atoms with van der Waals surface area (Å²) in [7, 11) is 0. The number of hydrogen-bond donors (Lipinski definition) is 1. The number of rotatable bonds is 4. The fourth-order valence-corrected chi connectivity index (χ4v) is 3.11. The molecule has 0 spiro atoms. The van der Waals surface area contributed by atoms with Crippen molar-refractivity contribution in [2.75, 3.05) is 5.32 Å². The van der Waals surface area contributed by atoms with Crippen LogP contribution in [0, 0.1) is 13.8 Å².